The van der Waals surface area contributed by atoms with Crippen LogP contribution >= 0.6 is 39.1 Å². The molecule has 0 aliphatic rings. The molecule has 3 rings (SSSR count). The molecule has 1 amide bonds. The molecule has 2 heterocycles. The van der Waals surface area contributed by atoms with Crippen LogP contribution in [0.5, 0.6) is 0 Å². The Morgan fingerprint density at radius 2 is 2.04 bits per heavy atom. The van der Waals surface area contributed by atoms with Crippen molar-refractivity contribution in [2.45, 2.75) is 0 Å². The van der Waals surface area contributed by atoms with E-state index in [4.69, 9.17) is 23.2 Å². The lowest BCUT2D eigenvalue weighted by Gasteiger charge is -2.09. The number of carbonyl (C=O) groups is 1. The molecule has 0 radical (unpaired) electrons. The van der Waals surface area contributed by atoms with Crippen molar-refractivity contribution < 1.29 is 4.79 Å². The highest BCUT2D eigenvalue weighted by atomic mass is 79.9. The Bertz CT molecular complexity index is 1040. The minimum atomic E-state index is -0.483. The van der Waals surface area contributed by atoms with E-state index in [1.807, 2.05) is 0 Å². The van der Waals surface area contributed by atoms with Gasteiger partial charge in [-0.15, -0.1) is 0 Å². The Hall–Kier alpha value is -2.16. The predicted octanol–water partition coefficient (Wildman–Crippen LogP) is 3.23. The number of anilines is 1. The van der Waals surface area contributed by atoms with Gasteiger partial charge in [-0.3, -0.25) is 9.59 Å². The van der Waals surface area contributed by atoms with Gasteiger partial charge in [0.05, 0.1) is 20.9 Å². The van der Waals surface area contributed by atoms with E-state index in [0.717, 1.165) is 4.47 Å². The van der Waals surface area contributed by atoms with Crippen LogP contribution in [0, 0.1) is 0 Å². The molecule has 0 atom stereocenters. The quantitative estimate of drug-likeness (QED) is 0.512. The van der Waals surface area contributed by atoms with E-state index in [1.165, 1.54) is 6.20 Å². The zero-order valence-corrected chi connectivity index (χ0v) is 16.2. The summed E-state index contributed by atoms with van der Waals surface area (Å²) in [7, 11) is 0. The molecule has 0 fully saturated rings. The third-order valence-corrected chi connectivity index (χ3v) is 4.38. The van der Waals surface area contributed by atoms with E-state index in [0.29, 0.717) is 33.3 Å². The predicted molar refractivity (Wildman–Crippen MR) is 105 cm³/mol. The van der Waals surface area contributed by atoms with Gasteiger partial charge < -0.3 is 15.6 Å². The molecule has 7 nitrogen and oxygen atoms in total. The van der Waals surface area contributed by atoms with Gasteiger partial charge in [-0.2, -0.15) is 0 Å². The molecule has 0 bridgehead atoms. The molecule has 0 spiro atoms. The Balaban J connectivity index is 1.62. The smallest absolute Gasteiger partial charge is 0.287 e. The first-order valence-electron chi connectivity index (χ1n) is 7.47. The molecule has 3 N–H and O–H groups in total. The van der Waals surface area contributed by atoms with Crippen LogP contribution in [0.1, 0.15) is 10.6 Å². The normalized spacial score (nSPS) is 10.7. The fourth-order valence-electron chi connectivity index (χ4n) is 2.20. The third kappa shape index (κ3) is 4.32. The van der Waals surface area contributed by atoms with Crippen molar-refractivity contribution >= 4 is 61.8 Å². The Morgan fingerprint density at radius 1 is 1.23 bits per heavy atom. The summed E-state index contributed by atoms with van der Waals surface area (Å²) < 4.78 is 0.759. The molecule has 0 unspecified atom stereocenters. The molecule has 0 saturated carbocycles. The van der Waals surface area contributed by atoms with Crippen LogP contribution in [-0.2, 0) is 0 Å². The second-order valence-corrected chi connectivity index (χ2v) is 7.00. The number of fused-ring (bicyclic) bond motifs is 1. The monoisotopic (exact) mass is 455 g/mol. The van der Waals surface area contributed by atoms with Gasteiger partial charge in [0, 0.05) is 23.8 Å². The van der Waals surface area contributed by atoms with Gasteiger partial charge in [0.2, 0.25) is 0 Å². The molecular weight excluding hydrogens is 445 g/mol. The van der Waals surface area contributed by atoms with Gasteiger partial charge in [-0.05, 0) is 24.3 Å². The molecule has 1 aromatic carbocycles. The highest BCUT2D eigenvalue weighted by molar-refractivity contribution is 9.10. The van der Waals surface area contributed by atoms with E-state index in [2.05, 4.69) is 41.5 Å². The average Bonchev–Trinajstić information content (AvgIpc) is 2.60. The van der Waals surface area contributed by atoms with Gasteiger partial charge in [-0.25, -0.2) is 9.97 Å². The third-order valence-electron chi connectivity index (χ3n) is 3.39. The number of benzene rings is 1. The van der Waals surface area contributed by atoms with E-state index in [1.54, 1.807) is 24.3 Å². The standard InChI is InChI=1S/C16H12BrCl2N5O2/c17-8-1-2-12-10(5-8)15(25)24-14(23-12)16(26)21-4-3-20-13-11(19)6-9(18)7-22-13/h1-2,5-7H,3-4H2,(H,20,22)(H,21,26)(H,23,24,25). The number of nitrogens with zero attached hydrogens (tertiary/aromatic N) is 2. The summed E-state index contributed by atoms with van der Waals surface area (Å²) in [4.78, 5) is 35.0. The summed E-state index contributed by atoms with van der Waals surface area (Å²) in [6, 6.07) is 6.64. The maximum absolute atomic E-state index is 12.2. The Morgan fingerprint density at radius 3 is 2.81 bits per heavy atom. The van der Waals surface area contributed by atoms with Crippen LogP contribution in [0.2, 0.25) is 10.0 Å². The first-order valence-corrected chi connectivity index (χ1v) is 9.01. The fourth-order valence-corrected chi connectivity index (χ4v) is 3.01. The number of amides is 1. The average molecular weight is 457 g/mol. The minimum Gasteiger partial charge on any atom is -0.367 e. The number of H-pyrrole nitrogens is 1. The van der Waals surface area contributed by atoms with Crippen LogP contribution in [0.15, 0.2) is 39.7 Å². The zero-order valence-electron chi connectivity index (χ0n) is 13.1. The molecule has 3 aromatic rings. The summed E-state index contributed by atoms with van der Waals surface area (Å²) in [6.07, 6.45) is 1.47. The van der Waals surface area contributed by atoms with Crippen molar-refractivity contribution in [1.82, 2.24) is 20.3 Å². The fraction of sp³-hybridized carbons (Fsp3) is 0.125. The van der Waals surface area contributed by atoms with Gasteiger partial charge in [-0.1, -0.05) is 39.1 Å². The number of rotatable bonds is 5. The molecule has 26 heavy (non-hydrogen) atoms. The van der Waals surface area contributed by atoms with Crippen LogP contribution in [0.25, 0.3) is 10.9 Å². The van der Waals surface area contributed by atoms with E-state index in [-0.39, 0.29) is 17.9 Å². The maximum atomic E-state index is 12.2. The summed E-state index contributed by atoms with van der Waals surface area (Å²) in [5.74, 6) is -0.0653. The van der Waals surface area contributed by atoms with E-state index < -0.39 is 5.91 Å². The molecule has 0 aliphatic carbocycles. The van der Waals surface area contributed by atoms with Crippen LogP contribution in [0.3, 0.4) is 0 Å². The Labute approximate surface area is 166 Å². The Kier molecular flexibility index (Phi) is 5.75. The van der Waals surface area contributed by atoms with Crippen molar-refractivity contribution in [1.29, 1.82) is 0 Å². The van der Waals surface area contributed by atoms with Crippen molar-refractivity contribution in [3.8, 4) is 0 Å². The van der Waals surface area contributed by atoms with Crippen molar-refractivity contribution in [3.63, 3.8) is 0 Å². The van der Waals surface area contributed by atoms with Gasteiger partial charge in [0.1, 0.15) is 5.82 Å². The molecule has 0 aliphatic heterocycles. The van der Waals surface area contributed by atoms with Gasteiger partial charge >= 0.3 is 0 Å². The number of aromatic amines is 1. The van der Waals surface area contributed by atoms with Crippen molar-refractivity contribution in [3.05, 3.63) is 61.2 Å². The first-order chi connectivity index (χ1) is 12.4. The number of hydrogen-bond acceptors (Lipinski definition) is 5. The lowest BCUT2D eigenvalue weighted by molar-refractivity contribution is 0.0945. The minimum absolute atomic E-state index is 0.0486. The largest absolute Gasteiger partial charge is 0.367 e. The van der Waals surface area contributed by atoms with E-state index >= 15 is 0 Å². The SMILES string of the molecule is O=C(NCCNc1ncc(Cl)cc1Cl)c1nc2ccc(Br)cc2c(=O)[nH]1. The number of aromatic nitrogens is 3. The van der Waals surface area contributed by atoms with Crippen LogP contribution in [0.4, 0.5) is 5.82 Å². The molecular formula is C16H12BrCl2N5O2. The van der Waals surface area contributed by atoms with Crippen LogP contribution < -0.4 is 16.2 Å². The van der Waals surface area contributed by atoms with Gasteiger partial charge in [0.25, 0.3) is 11.5 Å². The highest BCUT2D eigenvalue weighted by Crippen LogP contribution is 2.22. The second-order valence-electron chi connectivity index (χ2n) is 5.24. The molecule has 0 saturated heterocycles. The molecule has 2 aromatic heterocycles. The number of halogens is 3. The number of pyridine rings is 1. The lowest BCUT2D eigenvalue weighted by atomic mass is 10.2. The summed E-state index contributed by atoms with van der Waals surface area (Å²) in [6.45, 7) is 0.659. The summed E-state index contributed by atoms with van der Waals surface area (Å²) in [5.41, 5.74) is 0.0640. The topological polar surface area (TPSA) is 99.8 Å². The summed E-state index contributed by atoms with van der Waals surface area (Å²) >= 11 is 15.1. The summed E-state index contributed by atoms with van der Waals surface area (Å²) in [5, 5.41) is 6.87. The molecule has 134 valence electrons. The highest BCUT2D eigenvalue weighted by Gasteiger charge is 2.11. The van der Waals surface area contributed by atoms with Crippen molar-refractivity contribution in [2.24, 2.45) is 0 Å². The lowest BCUT2D eigenvalue weighted by Crippen LogP contribution is -2.31. The first kappa shape index (κ1) is 18.6. The number of nitrogens with one attached hydrogen (secondary N) is 3. The number of hydrogen-bond donors (Lipinski definition) is 3. The number of carbonyl (C=O) groups excluding carboxylic acids is 1. The zero-order chi connectivity index (χ0) is 18.7. The second kappa shape index (κ2) is 8.03. The molecule has 10 heteroatoms. The van der Waals surface area contributed by atoms with Crippen molar-refractivity contribution in [2.75, 3.05) is 18.4 Å². The maximum Gasteiger partial charge on any atom is 0.287 e. The van der Waals surface area contributed by atoms with E-state index in [9.17, 15) is 9.59 Å². The van der Waals surface area contributed by atoms with Crippen LogP contribution in [-0.4, -0.2) is 33.9 Å². The van der Waals surface area contributed by atoms with Gasteiger partial charge in [0.15, 0.2) is 5.82 Å².